The molecule has 0 saturated heterocycles. The van der Waals surface area contributed by atoms with Crippen molar-refractivity contribution in [3.05, 3.63) is 81.7 Å². The lowest BCUT2D eigenvalue weighted by molar-refractivity contribution is -0.119. The maximum absolute atomic E-state index is 14.3. The Kier molecular flexibility index (Phi) is 6.23. The second kappa shape index (κ2) is 9.53. The van der Waals surface area contributed by atoms with Crippen LogP contribution < -0.4 is 19.7 Å². The third-order valence-electron chi connectivity index (χ3n) is 7.12. The smallest absolute Gasteiger partial charge is 0.280 e. The lowest BCUT2D eigenvalue weighted by Gasteiger charge is -2.35. The number of anilines is 2. The average molecular weight is 578 g/mol. The first-order valence-corrected chi connectivity index (χ1v) is 13.5. The maximum Gasteiger partial charge on any atom is 0.280 e. The predicted molar refractivity (Wildman–Crippen MR) is 153 cm³/mol. The largest absolute Gasteiger partial charge is 0.496 e. The van der Waals surface area contributed by atoms with Gasteiger partial charge in [0, 0.05) is 45.3 Å². The van der Waals surface area contributed by atoms with Crippen molar-refractivity contribution in [2.24, 2.45) is 0 Å². The van der Waals surface area contributed by atoms with Crippen LogP contribution in [0.5, 0.6) is 11.6 Å². The summed E-state index contributed by atoms with van der Waals surface area (Å²) in [5, 5.41) is 3.85. The minimum absolute atomic E-state index is 0.151. The first-order valence-electron chi connectivity index (χ1n) is 12.7. The van der Waals surface area contributed by atoms with Crippen molar-refractivity contribution in [1.82, 2.24) is 14.5 Å². The van der Waals surface area contributed by atoms with Crippen molar-refractivity contribution < 1.29 is 19.1 Å². The normalized spacial score (nSPS) is 17.4. The Hall–Kier alpha value is -4.08. The fourth-order valence-electron chi connectivity index (χ4n) is 5.62. The van der Waals surface area contributed by atoms with E-state index >= 15 is 0 Å². The van der Waals surface area contributed by atoms with Crippen LogP contribution in [-0.4, -0.2) is 40.1 Å². The Bertz CT molecular complexity index is 1700. The van der Waals surface area contributed by atoms with Gasteiger partial charge in [0.15, 0.2) is 11.2 Å². The second-order valence-electron chi connectivity index (χ2n) is 9.73. The van der Waals surface area contributed by atoms with Crippen molar-refractivity contribution >= 4 is 46.4 Å². The summed E-state index contributed by atoms with van der Waals surface area (Å²) in [6.07, 6.45) is 1.61. The van der Waals surface area contributed by atoms with Crippen molar-refractivity contribution in [2.75, 3.05) is 23.9 Å². The number of carbonyl (C=O) groups is 2. The Morgan fingerprint density at radius 3 is 2.55 bits per heavy atom. The zero-order chi connectivity index (χ0) is 28.3. The third-order valence-corrected chi connectivity index (χ3v) is 7.59. The lowest BCUT2D eigenvalue weighted by atomic mass is 9.87. The average Bonchev–Trinajstić information content (AvgIpc) is 3.52. The standard InChI is InChI=1S/C29H25Cl2N5O4/c1-5-40-23-13-22(39-4)19(14-32-23)26-34-24-25(35(26)15(2)3)29(20-10-9-17(31)12-21(20)33-28(29)38)36(27(24)37)18-8-6-7-16(30)11-18/h6-15H,5H2,1-4H3,(H,33,38)/t29-/m0/s1. The Morgan fingerprint density at radius 2 is 1.85 bits per heavy atom. The summed E-state index contributed by atoms with van der Waals surface area (Å²) < 4.78 is 13.1. The topological polar surface area (TPSA) is 98.6 Å². The van der Waals surface area contributed by atoms with E-state index in [1.165, 1.54) is 4.90 Å². The highest BCUT2D eigenvalue weighted by molar-refractivity contribution is 6.32. The molecule has 1 spiro atoms. The molecule has 9 nitrogen and oxygen atoms in total. The maximum atomic E-state index is 14.3. The summed E-state index contributed by atoms with van der Waals surface area (Å²) in [6, 6.07) is 13.5. The number of halogens is 2. The number of aromatic nitrogens is 3. The fourth-order valence-corrected chi connectivity index (χ4v) is 5.98. The summed E-state index contributed by atoms with van der Waals surface area (Å²) in [4.78, 5) is 39.3. The van der Waals surface area contributed by atoms with Gasteiger partial charge in [-0.3, -0.25) is 14.5 Å². The SMILES string of the molecule is CCOc1cc(OC)c(-c2nc3c(n2C(C)C)[C@@]2(C(=O)Nc4cc(Cl)ccc42)N(c2cccc(Cl)c2)C3=O)cn1. The van der Waals surface area contributed by atoms with E-state index < -0.39 is 17.4 Å². The van der Waals surface area contributed by atoms with E-state index in [1.54, 1.807) is 61.8 Å². The van der Waals surface area contributed by atoms with Gasteiger partial charge in [-0.25, -0.2) is 9.97 Å². The molecule has 1 atom stereocenters. The van der Waals surface area contributed by atoms with Crippen LogP contribution >= 0.6 is 23.2 Å². The quantitative estimate of drug-likeness (QED) is 0.297. The molecule has 1 N–H and O–H groups in total. The number of nitrogens with zero attached hydrogens (tertiary/aromatic N) is 4. The van der Waals surface area contributed by atoms with E-state index in [9.17, 15) is 9.59 Å². The number of fused-ring (bicyclic) bond motifs is 4. The van der Waals surface area contributed by atoms with Gasteiger partial charge in [0.05, 0.1) is 25.0 Å². The summed E-state index contributed by atoms with van der Waals surface area (Å²) in [5.74, 6) is 0.482. The number of benzene rings is 2. The molecule has 2 aliphatic rings. The second-order valence-corrected chi connectivity index (χ2v) is 10.6. The van der Waals surface area contributed by atoms with Gasteiger partial charge in [-0.1, -0.05) is 35.3 Å². The Labute approximate surface area is 240 Å². The monoisotopic (exact) mass is 577 g/mol. The zero-order valence-corrected chi connectivity index (χ0v) is 23.7. The Morgan fingerprint density at radius 1 is 1.07 bits per heavy atom. The molecule has 2 aliphatic heterocycles. The minimum atomic E-state index is -1.57. The number of imidazole rings is 1. The molecule has 4 heterocycles. The minimum Gasteiger partial charge on any atom is -0.496 e. The summed E-state index contributed by atoms with van der Waals surface area (Å²) >= 11 is 12.7. The van der Waals surface area contributed by atoms with Gasteiger partial charge in [-0.15, -0.1) is 0 Å². The molecule has 2 aromatic carbocycles. The van der Waals surface area contributed by atoms with Gasteiger partial charge in [0.1, 0.15) is 11.6 Å². The van der Waals surface area contributed by atoms with Crippen LogP contribution in [0.4, 0.5) is 11.4 Å². The van der Waals surface area contributed by atoms with E-state index in [0.717, 1.165) is 0 Å². The van der Waals surface area contributed by atoms with Crippen LogP contribution in [0.3, 0.4) is 0 Å². The van der Waals surface area contributed by atoms with E-state index in [1.807, 2.05) is 25.3 Å². The highest BCUT2D eigenvalue weighted by atomic mass is 35.5. The van der Waals surface area contributed by atoms with E-state index in [-0.39, 0.29) is 11.7 Å². The number of hydrogen-bond acceptors (Lipinski definition) is 6. The number of carbonyl (C=O) groups excluding carboxylic acids is 2. The number of pyridine rings is 1. The number of methoxy groups -OCH3 is 1. The number of ether oxygens (including phenoxy) is 2. The van der Waals surface area contributed by atoms with Gasteiger partial charge < -0.3 is 19.4 Å². The van der Waals surface area contributed by atoms with Gasteiger partial charge >= 0.3 is 0 Å². The fraction of sp³-hybridized carbons (Fsp3) is 0.241. The molecule has 0 saturated carbocycles. The van der Waals surface area contributed by atoms with E-state index in [4.69, 9.17) is 37.7 Å². The summed E-state index contributed by atoms with van der Waals surface area (Å²) in [5.41, 5.74) is 1.14. The molecular formula is C29H25Cl2N5O4. The molecule has 0 aliphatic carbocycles. The first-order chi connectivity index (χ1) is 19.2. The van der Waals surface area contributed by atoms with Gasteiger partial charge in [-0.2, -0.15) is 0 Å². The highest BCUT2D eigenvalue weighted by Gasteiger charge is 2.64. The molecule has 0 bridgehead atoms. The number of nitrogens with one attached hydrogen (secondary N) is 1. The molecule has 40 heavy (non-hydrogen) atoms. The molecule has 204 valence electrons. The van der Waals surface area contributed by atoms with Crippen LogP contribution in [0.2, 0.25) is 10.0 Å². The molecule has 4 aromatic rings. The summed E-state index contributed by atoms with van der Waals surface area (Å²) in [7, 11) is 1.54. The summed E-state index contributed by atoms with van der Waals surface area (Å²) in [6.45, 7) is 6.25. The number of hydrogen-bond donors (Lipinski definition) is 1. The van der Waals surface area contributed by atoms with Gasteiger partial charge in [-0.05, 0) is 51.1 Å². The third kappa shape index (κ3) is 3.61. The predicted octanol–water partition coefficient (Wildman–Crippen LogP) is 6.10. The first kappa shape index (κ1) is 26.2. The molecule has 0 radical (unpaired) electrons. The molecule has 2 amide bonds. The van der Waals surface area contributed by atoms with Gasteiger partial charge in [0.25, 0.3) is 11.8 Å². The Balaban J connectivity index is 1.69. The molecule has 6 rings (SSSR count). The molecule has 11 heteroatoms. The van der Waals surface area contributed by atoms with Crippen LogP contribution in [0.25, 0.3) is 11.4 Å². The van der Waals surface area contributed by atoms with Crippen molar-refractivity contribution in [1.29, 1.82) is 0 Å². The zero-order valence-electron chi connectivity index (χ0n) is 22.2. The van der Waals surface area contributed by atoms with Crippen molar-refractivity contribution in [3.8, 4) is 23.0 Å². The number of amides is 2. The van der Waals surface area contributed by atoms with Crippen molar-refractivity contribution in [3.63, 3.8) is 0 Å². The van der Waals surface area contributed by atoms with Crippen LogP contribution in [-0.2, 0) is 10.3 Å². The van der Waals surface area contributed by atoms with E-state index in [2.05, 4.69) is 10.3 Å². The van der Waals surface area contributed by atoms with E-state index in [0.29, 0.717) is 62.3 Å². The molecule has 2 aromatic heterocycles. The molecular weight excluding hydrogens is 553 g/mol. The van der Waals surface area contributed by atoms with Crippen LogP contribution in [0, 0.1) is 0 Å². The molecule has 0 unspecified atom stereocenters. The molecule has 0 fully saturated rings. The van der Waals surface area contributed by atoms with Crippen LogP contribution in [0.15, 0.2) is 54.7 Å². The van der Waals surface area contributed by atoms with Gasteiger partial charge in [0.2, 0.25) is 5.88 Å². The van der Waals surface area contributed by atoms with Crippen LogP contribution in [0.1, 0.15) is 48.6 Å². The highest BCUT2D eigenvalue weighted by Crippen LogP contribution is 2.54. The number of rotatable bonds is 6. The lowest BCUT2D eigenvalue weighted by Crippen LogP contribution is -2.51. The van der Waals surface area contributed by atoms with Crippen molar-refractivity contribution in [2.45, 2.75) is 32.4 Å².